The van der Waals surface area contributed by atoms with Crippen LogP contribution in [-0.4, -0.2) is 48.3 Å². The molecule has 3 rings (SSSR count). The maximum atomic E-state index is 12.5. The number of amides is 2. The summed E-state index contributed by atoms with van der Waals surface area (Å²) in [5.41, 5.74) is 4.03. The molecule has 1 saturated heterocycles. The smallest absolute Gasteiger partial charge is 0.254 e. The van der Waals surface area contributed by atoms with Gasteiger partial charge in [-0.3, -0.25) is 9.59 Å². The van der Waals surface area contributed by atoms with Crippen molar-refractivity contribution in [2.24, 2.45) is 0 Å². The third-order valence-electron chi connectivity index (χ3n) is 4.49. The maximum absolute atomic E-state index is 12.5. The molecule has 0 saturated carbocycles. The fourth-order valence-electron chi connectivity index (χ4n) is 2.76. The minimum Gasteiger partial charge on any atom is -0.381 e. The summed E-state index contributed by atoms with van der Waals surface area (Å²) in [5, 5.41) is 3.37. The minimum atomic E-state index is -0.0838. The molecule has 2 amide bonds. The first-order valence-electron chi connectivity index (χ1n) is 8.45. The number of nitrogens with zero attached hydrogens (tertiary/aromatic N) is 2. The van der Waals surface area contributed by atoms with Gasteiger partial charge in [-0.1, -0.05) is 29.8 Å². The fourth-order valence-corrected chi connectivity index (χ4v) is 2.76. The van der Waals surface area contributed by atoms with Gasteiger partial charge in [0.1, 0.15) is 6.54 Å². The fraction of sp³-hybridized carbons (Fsp3) is 0.300. The average Bonchev–Trinajstić information content (AvgIpc) is 2.63. The van der Waals surface area contributed by atoms with Crippen LogP contribution in [0.2, 0.25) is 0 Å². The lowest BCUT2D eigenvalue weighted by molar-refractivity contribution is -0.133. The van der Waals surface area contributed by atoms with Crippen molar-refractivity contribution in [1.29, 1.82) is 0 Å². The molecular formula is C20H23N3O2. The molecule has 0 aromatic heterocycles. The molecule has 0 atom stereocenters. The van der Waals surface area contributed by atoms with Gasteiger partial charge >= 0.3 is 0 Å². The molecule has 0 unspecified atom stereocenters. The van der Waals surface area contributed by atoms with Gasteiger partial charge in [0.2, 0.25) is 5.91 Å². The van der Waals surface area contributed by atoms with E-state index in [1.807, 2.05) is 24.3 Å². The monoisotopic (exact) mass is 337 g/mol. The van der Waals surface area contributed by atoms with Crippen molar-refractivity contribution < 1.29 is 9.59 Å². The van der Waals surface area contributed by atoms with Crippen LogP contribution in [0.4, 0.5) is 5.69 Å². The Bertz CT molecular complexity index is 754. The Labute approximate surface area is 148 Å². The van der Waals surface area contributed by atoms with Crippen LogP contribution >= 0.6 is 0 Å². The third kappa shape index (κ3) is 4.18. The Morgan fingerprint density at radius 2 is 1.72 bits per heavy atom. The Hall–Kier alpha value is -2.82. The van der Waals surface area contributed by atoms with Crippen molar-refractivity contribution in [3.05, 3.63) is 65.2 Å². The van der Waals surface area contributed by atoms with E-state index in [9.17, 15) is 9.59 Å². The van der Waals surface area contributed by atoms with Crippen molar-refractivity contribution in [3.63, 3.8) is 0 Å². The Morgan fingerprint density at radius 1 is 1.04 bits per heavy atom. The first-order chi connectivity index (χ1) is 12.0. The highest BCUT2D eigenvalue weighted by Gasteiger charge is 2.25. The number of nitrogens with one attached hydrogen (secondary N) is 1. The normalized spacial score (nSPS) is 14.6. The van der Waals surface area contributed by atoms with Crippen LogP contribution in [-0.2, 0) is 11.3 Å². The second kappa shape index (κ2) is 7.38. The van der Waals surface area contributed by atoms with Gasteiger partial charge in [0.25, 0.3) is 5.91 Å². The number of hydrogen-bond acceptors (Lipinski definition) is 3. The van der Waals surface area contributed by atoms with E-state index < -0.39 is 0 Å². The quantitative estimate of drug-likeness (QED) is 0.933. The Morgan fingerprint density at radius 3 is 2.36 bits per heavy atom. The molecule has 5 heteroatoms. The topological polar surface area (TPSA) is 52.7 Å². The maximum Gasteiger partial charge on any atom is 0.254 e. The summed E-state index contributed by atoms with van der Waals surface area (Å²) in [5.74, 6) is -0.0991. The molecule has 25 heavy (non-hydrogen) atoms. The molecule has 1 aliphatic rings. The van der Waals surface area contributed by atoms with Gasteiger partial charge in [0, 0.05) is 37.9 Å². The van der Waals surface area contributed by atoms with Crippen LogP contribution in [0.25, 0.3) is 0 Å². The van der Waals surface area contributed by atoms with E-state index in [1.165, 1.54) is 5.56 Å². The van der Waals surface area contributed by atoms with E-state index >= 15 is 0 Å². The van der Waals surface area contributed by atoms with Gasteiger partial charge < -0.3 is 15.1 Å². The van der Waals surface area contributed by atoms with Gasteiger partial charge in [0.15, 0.2) is 0 Å². The summed E-state index contributed by atoms with van der Waals surface area (Å²) < 4.78 is 0. The average molecular weight is 337 g/mol. The number of anilines is 1. The number of benzene rings is 2. The molecule has 1 N–H and O–H groups in total. The van der Waals surface area contributed by atoms with Gasteiger partial charge in [-0.25, -0.2) is 0 Å². The number of hydrogen-bond donors (Lipinski definition) is 1. The van der Waals surface area contributed by atoms with Crippen LogP contribution in [0, 0.1) is 6.92 Å². The van der Waals surface area contributed by atoms with Gasteiger partial charge in [-0.05, 0) is 36.8 Å². The van der Waals surface area contributed by atoms with Crippen molar-refractivity contribution in [1.82, 2.24) is 9.80 Å². The number of piperazine rings is 1. The molecule has 0 bridgehead atoms. The van der Waals surface area contributed by atoms with Crippen molar-refractivity contribution >= 4 is 17.5 Å². The molecule has 2 aromatic carbocycles. The van der Waals surface area contributed by atoms with E-state index in [2.05, 4.69) is 36.5 Å². The van der Waals surface area contributed by atoms with E-state index in [0.717, 1.165) is 11.3 Å². The second-order valence-corrected chi connectivity index (χ2v) is 6.46. The number of aryl methyl sites for hydroxylation is 1. The lowest BCUT2D eigenvalue weighted by Crippen LogP contribution is -2.50. The standard InChI is InChI=1S/C20H23N3O2/c1-15-3-9-18(10-4-15)21-13-16-5-7-17(8-6-16)20(25)23-12-11-22(2)19(24)14-23/h3-10,21H,11-14H2,1-2H3. The number of carbonyl (C=O) groups excluding carboxylic acids is 2. The zero-order valence-electron chi connectivity index (χ0n) is 14.7. The SMILES string of the molecule is Cc1ccc(NCc2ccc(C(=O)N3CCN(C)C(=O)C3)cc2)cc1. The van der Waals surface area contributed by atoms with E-state index in [1.54, 1.807) is 16.8 Å². The summed E-state index contributed by atoms with van der Waals surface area (Å²) in [4.78, 5) is 27.5. The highest BCUT2D eigenvalue weighted by Crippen LogP contribution is 2.13. The molecule has 1 aliphatic heterocycles. The molecular weight excluding hydrogens is 314 g/mol. The highest BCUT2D eigenvalue weighted by atomic mass is 16.2. The molecule has 0 radical (unpaired) electrons. The summed E-state index contributed by atoms with van der Waals surface area (Å²) in [6.07, 6.45) is 0. The zero-order valence-corrected chi connectivity index (χ0v) is 14.7. The highest BCUT2D eigenvalue weighted by molar-refractivity contribution is 5.97. The Balaban J connectivity index is 1.59. The minimum absolute atomic E-state index is 0.0153. The molecule has 0 spiro atoms. The number of likely N-dealkylation sites (N-methyl/N-ethyl adjacent to an activating group) is 1. The molecule has 0 aliphatic carbocycles. The molecule has 2 aromatic rings. The summed E-state index contributed by atoms with van der Waals surface area (Å²) >= 11 is 0. The predicted molar refractivity (Wildman–Crippen MR) is 98.5 cm³/mol. The molecule has 130 valence electrons. The van der Waals surface area contributed by atoms with Crippen LogP contribution in [0.3, 0.4) is 0 Å². The van der Waals surface area contributed by atoms with E-state index in [4.69, 9.17) is 0 Å². The summed E-state index contributed by atoms with van der Waals surface area (Å²) in [7, 11) is 1.76. The summed E-state index contributed by atoms with van der Waals surface area (Å²) in [6.45, 7) is 4.09. The van der Waals surface area contributed by atoms with Crippen LogP contribution in [0.5, 0.6) is 0 Å². The lowest BCUT2D eigenvalue weighted by atomic mass is 10.1. The van der Waals surface area contributed by atoms with Crippen molar-refractivity contribution in [3.8, 4) is 0 Å². The predicted octanol–water partition coefficient (Wildman–Crippen LogP) is 2.52. The second-order valence-electron chi connectivity index (χ2n) is 6.46. The van der Waals surface area contributed by atoms with E-state index in [0.29, 0.717) is 25.2 Å². The van der Waals surface area contributed by atoms with Gasteiger partial charge in [-0.2, -0.15) is 0 Å². The van der Waals surface area contributed by atoms with Crippen molar-refractivity contribution in [2.75, 3.05) is 32.0 Å². The first kappa shape index (κ1) is 17.0. The van der Waals surface area contributed by atoms with Gasteiger partial charge in [-0.15, -0.1) is 0 Å². The van der Waals surface area contributed by atoms with Crippen LogP contribution in [0.15, 0.2) is 48.5 Å². The molecule has 5 nitrogen and oxygen atoms in total. The van der Waals surface area contributed by atoms with Gasteiger partial charge in [0.05, 0.1) is 0 Å². The van der Waals surface area contributed by atoms with Crippen molar-refractivity contribution in [2.45, 2.75) is 13.5 Å². The molecule has 1 heterocycles. The Kier molecular flexibility index (Phi) is 5.03. The largest absolute Gasteiger partial charge is 0.381 e. The molecule has 1 fully saturated rings. The lowest BCUT2D eigenvalue weighted by Gasteiger charge is -2.32. The van der Waals surface area contributed by atoms with E-state index in [-0.39, 0.29) is 18.4 Å². The first-order valence-corrected chi connectivity index (χ1v) is 8.45. The van der Waals surface area contributed by atoms with Crippen LogP contribution in [0.1, 0.15) is 21.5 Å². The number of rotatable bonds is 4. The van der Waals surface area contributed by atoms with Crippen LogP contribution < -0.4 is 5.32 Å². The summed E-state index contributed by atoms with van der Waals surface area (Å²) in [6, 6.07) is 15.8. The number of carbonyl (C=O) groups is 2. The third-order valence-corrected chi connectivity index (χ3v) is 4.49. The zero-order chi connectivity index (χ0) is 17.8.